The van der Waals surface area contributed by atoms with E-state index in [1.807, 2.05) is 0 Å². The third kappa shape index (κ3) is 3.74. The SMILES string of the molecule is O=C(N[C@H]1C[C@@H]2C[C@H]1CN2S(=O)(=O)c1ccc(C(F)(F)F)cc1)c1cccnc1. The van der Waals surface area contributed by atoms with E-state index in [9.17, 15) is 26.4 Å². The molecule has 29 heavy (non-hydrogen) atoms. The molecule has 3 atom stereocenters. The number of fused-ring (bicyclic) bond motifs is 2. The van der Waals surface area contributed by atoms with E-state index in [0.717, 1.165) is 24.3 Å². The van der Waals surface area contributed by atoms with Gasteiger partial charge >= 0.3 is 6.18 Å². The molecule has 6 nitrogen and oxygen atoms in total. The van der Waals surface area contributed by atoms with Gasteiger partial charge in [0.15, 0.2) is 0 Å². The Morgan fingerprint density at radius 3 is 2.41 bits per heavy atom. The largest absolute Gasteiger partial charge is 0.416 e. The minimum Gasteiger partial charge on any atom is -0.349 e. The molecule has 1 aromatic heterocycles. The fraction of sp³-hybridized carbons (Fsp3) is 0.368. The van der Waals surface area contributed by atoms with Crippen LogP contribution < -0.4 is 5.32 Å². The Morgan fingerprint density at radius 2 is 1.86 bits per heavy atom. The summed E-state index contributed by atoms with van der Waals surface area (Å²) in [7, 11) is -3.89. The van der Waals surface area contributed by atoms with Gasteiger partial charge in [-0.2, -0.15) is 17.5 Å². The lowest BCUT2D eigenvalue weighted by Crippen LogP contribution is -2.47. The van der Waals surface area contributed by atoms with Gasteiger partial charge in [0, 0.05) is 31.0 Å². The standard InChI is InChI=1S/C19H18F3N3O3S/c20-19(21,22)14-3-5-16(6-4-14)29(27,28)25-11-13-8-15(25)9-17(13)24-18(26)12-2-1-7-23-10-12/h1-7,10,13,15,17H,8-9,11H2,(H,24,26)/t13-,15-,17-/m0/s1. The molecule has 1 aromatic carbocycles. The molecule has 2 fully saturated rings. The number of nitrogens with one attached hydrogen (secondary N) is 1. The molecular formula is C19H18F3N3O3S. The number of sulfonamides is 1. The lowest BCUT2D eigenvalue weighted by atomic mass is 10.0. The Kier molecular flexibility index (Phi) is 4.86. The maximum atomic E-state index is 12.9. The normalized spacial score (nSPS) is 24.6. The monoisotopic (exact) mass is 425 g/mol. The number of aromatic nitrogens is 1. The number of benzene rings is 1. The highest BCUT2D eigenvalue weighted by atomic mass is 32.2. The van der Waals surface area contributed by atoms with Crippen molar-refractivity contribution in [2.24, 2.45) is 5.92 Å². The molecule has 1 saturated heterocycles. The molecule has 154 valence electrons. The van der Waals surface area contributed by atoms with Crippen LogP contribution in [-0.4, -0.2) is 42.2 Å². The van der Waals surface area contributed by atoms with Crippen molar-refractivity contribution in [2.75, 3.05) is 6.54 Å². The number of pyridine rings is 1. The second-order valence-electron chi connectivity index (χ2n) is 7.30. The van der Waals surface area contributed by atoms with Crippen molar-refractivity contribution >= 4 is 15.9 Å². The van der Waals surface area contributed by atoms with E-state index in [-0.39, 0.29) is 35.3 Å². The van der Waals surface area contributed by atoms with Gasteiger partial charge in [0.1, 0.15) is 0 Å². The Labute approximate surface area is 165 Å². The highest BCUT2D eigenvalue weighted by Gasteiger charge is 2.49. The van der Waals surface area contributed by atoms with Gasteiger partial charge in [-0.1, -0.05) is 0 Å². The number of alkyl halides is 3. The minimum atomic E-state index is -4.52. The molecular weight excluding hydrogens is 407 g/mol. The molecule has 0 unspecified atom stereocenters. The van der Waals surface area contributed by atoms with Gasteiger partial charge in [0.05, 0.1) is 16.0 Å². The third-order valence-electron chi connectivity index (χ3n) is 5.52. The molecule has 2 aliphatic rings. The molecule has 0 spiro atoms. The van der Waals surface area contributed by atoms with Crippen molar-refractivity contribution in [3.63, 3.8) is 0 Å². The van der Waals surface area contributed by atoms with E-state index < -0.39 is 21.8 Å². The molecule has 0 radical (unpaired) electrons. The first-order valence-electron chi connectivity index (χ1n) is 9.06. The van der Waals surface area contributed by atoms with E-state index in [1.54, 1.807) is 18.3 Å². The van der Waals surface area contributed by atoms with Crippen LogP contribution in [0.15, 0.2) is 53.7 Å². The van der Waals surface area contributed by atoms with Crippen LogP contribution in [0.25, 0.3) is 0 Å². The van der Waals surface area contributed by atoms with Gasteiger partial charge < -0.3 is 5.32 Å². The summed E-state index contributed by atoms with van der Waals surface area (Å²) in [5.74, 6) is -0.294. The van der Waals surface area contributed by atoms with E-state index in [4.69, 9.17) is 0 Å². The number of halogens is 3. The van der Waals surface area contributed by atoms with Crippen molar-refractivity contribution < 1.29 is 26.4 Å². The van der Waals surface area contributed by atoms with Crippen molar-refractivity contribution in [1.29, 1.82) is 0 Å². The number of piperidine rings is 1. The number of amides is 1. The van der Waals surface area contributed by atoms with E-state index in [1.165, 1.54) is 10.5 Å². The summed E-state index contributed by atoms with van der Waals surface area (Å²) >= 11 is 0. The topological polar surface area (TPSA) is 79.4 Å². The molecule has 2 bridgehead atoms. The Bertz CT molecular complexity index is 1010. The summed E-state index contributed by atoms with van der Waals surface area (Å²) in [5.41, 5.74) is -0.456. The van der Waals surface area contributed by atoms with Crippen molar-refractivity contribution in [2.45, 2.75) is 36.0 Å². The van der Waals surface area contributed by atoms with Crippen LogP contribution in [0.4, 0.5) is 13.2 Å². The van der Waals surface area contributed by atoms with Crippen molar-refractivity contribution in [1.82, 2.24) is 14.6 Å². The number of hydrogen-bond acceptors (Lipinski definition) is 4. The van der Waals surface area contributed by atoms with E-state index in [2.05, 4.69) is 10.3 Å². The van der Waals surface area contributed by atoms with Crippen molar-refractivity contribution in [3.8, 4) is 0 Å². The molecule has 4 rings (SSSR count). The summed E-state index contributed by atoms with van der Waals surface area (Å²) in [6.07, 6.45) is -0.411. The maximum Gasteiger partial charge on any atom is 0.416 e. The first-order chi connectivity index (χ1) is 13.7. The summed E-state index contributed by atoms with van der Waals surface area (Å²) in [6, 6.07) is 6.41. The number of hydrogen-bond donors (Lipinski definition) is 1. The minimum absolute atomic E-state index is 0.0372. The second kappa shape index (κ2) is 7.10. The fourth-order valence-corrected chi connectivity index (χ4v) is 5.79. The molecule has 1 saturated carbocycles. The highest BCUT2D eigenvalue weighted by Crippen LogP contribution is 2.41. The van der Waals surface area contributed by atoms with Gasteiger partial charge in [-0.25, -0.2) is 8.42 Å². The number of nitrogens with zero attached hydrogens (tertiary/aromatic N) is 2. The van der Waals surface area contributed by atoms with Crippen LogP contribution in [0.1, 0.15) is 28.8 Å². The van der Waals surface area contributed by atoms with E-state index in [0.29, 0.717) is 18.4 Å². The number of rotatable bonds is 4. The van der Waals surface area contributed by atoms with Gasteiger partial charge in [-0.15, -0.1) is 0 Å². The highest BCUT2D eigenvalue weighted by molar-refractivity contribution is 7.89. The van der Waals surface area contributed by atoms with Crippen molar-refractivity contribution in [3.05, 3.63) is 59.9 Å². The summed E-state index contributed by atoms with van der Waals surface area (Å²) < 4.78 is 65.2. The third-order valence-corrected chi connectivity index (χ3v) is 7.45. The van der Waals surface area contributed by atoms with Gasteiger partial charge in [-0.05, 0) is 55.2 Å². The first kappa shape index (κ1) is 19.8. The summed E-state index contributed by atoms with van der Waals surface area (Å²) in [5, 5.41) is 2.94. The lowest BCUT2D eigenvalue weighted by molar-refractivity contribution is -0.137. The fourth-order valence-electron chi connectivity index (χ4n) is 4.08. The summed E-state index contributed by atoms with van der Waals surface area (Å²) in [6.45, 7) is 0.228. The predicted molar refractivity (Wildman–Crippen MR) is 97.3 cm³/mol. The Balaban J connectivity index is 1.44. The quantitative estimate of drug-likeness (QED) is 0.817. The van der Waals surface area contributed by atoms with Crippen LogP contribution in [-0.2, 0) is 16.2 Å². The molecule has 2 aromatic rings. The molecule has 1 aliphatic carbocycles. The molecule has 1 N–H and O–H groups in total. The zero-order chi connectivity index (χ0) is 20.8. The smallest absolute Gasteiger partial charge is 0.349 e. The van der Waals surface area contributed by atoms with E-state index >= 15 is 0 Å². The van der Waals surface area contributed by atoms with Crippen LogP contribution in [0, 0.1) is 5.92 Å². The number of carbonyl (C=O) groups is 1. The van der Waals surface area contributed by atoms with Crippen LogP contribution in [0.3, 0.4) is 0 Å². The van der Waals surface area contributed by atoms with Crippen LogP contribution >= 0.6 is 0 Å². The molecule has 10 heteroatoms. The Morgan fingerprint density at radius 1 is 1.14 bits per heavy atom. The van der Waals surface area contributed by atoms with Crippen LogP contribution in [0.5, 0.6) is 0 Å². The lowest BCUT2D eigenvalue weighted by Gasteiger charge is -2.31. The first-order valence-corrected chi connectivity index (χ1v) is 10.5. The molecule has 2 heterocycles. The molecule has 1 aliphatic heterocycles. The average Bonchev–Trinajstić information content (AvgIpc) is 3.29. The summed E-state index contributed by atoms with van der Waals surface area (Å²) in [4.78, 5) is 16.1. The zero-order valence-corrected chi connectivity index (χ0v) is 15.9. The number of carbonyl (C=O) groups excluding carboxylic acids is 1. The average molecular weight is 425 g/mol. The molecule has 1 amide bonds. The maximum absolute atomic E-state index is 12.9. The second-order valence-corrected chi connectivity index (χ2v) is 9.19. The predicted octanol–water partition coefficient (Wildman–Crippen LogP) is 2.68. The zero-order valence-electron chi connectivity index (χ0n) is 15.1. The van der Waals surface area contributed by atoms with Crippen LogP contribution in [0.2, 0.25) is 0 Å². The van der Waals surface area contributed by atoms with Gasteiger partial charge in [0.2, 0.25) is 10.0 Å². The van der Waals surface area contributed by atoms with Gasteiger partial charge in [0.25, 0.3) is 5.91 Å². The Hall–Kier alpha value is -2.46. The van der Waals surface area contributed by atoms with Gasteiger partial charge in [-0.3, -0.25) is 9.78 Å².